The highest BCUT2D eigenvalue weighted by atomic mass is 16.7. The van der Waals surface area contributed by atoms with Gasteiger partial charge in [0.15, 0.2) is 48.7 Å². The van der Waals surface area contributed by atoms with Gasteiger partial charge >= 0.3 is 6.03 Å². The van der Waals surface area contributed by atoms with Crippen molar-refractivity contribution >= 4 is 12.4 Å². The van der Waals surface area contributed by atoms with Crippen LogP contribution in [0.5, 0.6) is 11.5 Å². The van der Waals surface area contributed by atoms with E-state index in [1.54, 1.807) is 0 Å². The second kappa shape index (κ2) is 14.2. The Balaban J connectivity index is 1.17. The van der Waals surface area contributed by atoms with Gasteiger partial charge in [0.1, 0.15) is 13.1 Å². The van der Waals surface area contributed by atoms with E-state index in [4.69, 9.17) is 9.47 Å². The number of benzene rings is 2. The number of pyridine rings is 2. The molecule has 53 heavy (non-hydrogen) atoms. The molecule has 4 aliphatic rings. The van der Waals surface area contributed by atoms with Gasteiger partial charge in [0.2, 0.25) is 12.1 Å². The minimum atomic E-state index is -1.04. The van der Waals surface area contributed by atoms with Crippen LogP contribution >= 0.6 is 0 Å². The molecule has 276 valence electrons. The number of unbranched alkanes of at least 4 members (excludes halogenated alkanes) is 2. The molecule has 2 aromatic heterocycles. The molecule has 6 nitrogen and oxygen atoms in total. The highest BCUT2D eigenvalue weighted by molar-refractivity contribution is 5.85. The van der Waals surface area contributed by atoms with E-state index >= 15 is 0 Å². The van der Waals surface area contributed by atoms with Crippen molar-refractivity contribution in [3.05, 3.63) is 119 Å². The van der Waals surface area contributed by atoms with Gasteiger partial charge in [-0.25, -0.2) is 9.13 Å². The fraction of sp³-hybridized carbons (Fsp3) is 0.489. The van der Waals surface area contributed by atoms with Gasteiger partial charge in [-0.15, -0.1) is 0 Å². The number of ether oxygens (including phenoxy) is 2. The zero-order valence-corrected chi connectivity index (χ0v) is 33.0. The van der Waals surface area contributed by atoms with Gasteiger partial charge in [0.25, 0.3) is 0 Å². The van der Waals surface area contributed by atoms with E-state index in [0.717, 1.165) is 76.0 Å². The summed E-state index contributed by atoms with van der Waals surface area (Å²) in [6.45, 7) is 15.9. The third-order valence-electron chi connectivity index (χ3n) is 11.9. The number of rotatable bonds is 10. The van der Waals surface area contributed by atoms with Gasteiger partial charge in [-0.3, -0.25) is 0 Å². The number of hydrogen-bond donors (Lipinski definition) is 0. The average molecular weight is 713 g/mol. The van der Waals surface area contributed by atoms with Crippen LogP contribution in [0, 0.1) is 0 Å². The van der Waals surface area contributed by atoms with Gasteiger partial charge in [-0.2, -0.15) is 0 Å². The van der Waals surface area contributed by atoms with Crippen LogP contribution in [0.25, 0.3) is 0 Å². The van der Waals surface area contributed by atoms with E-state index in [0.29, 0.717) is 12.1 Å². The van der Waals surface area contributed by atoms with Crippen molar-refractivity contribution in [3.8, 4) is 11.5 Å². The lowest BCUT2D eigenvalue weighted by atomic mass is 9.79. The van der Waals surface area contributed by atoms with Crippen molar-refractivity contribution in [1.82, 2.24) is 0 Å². The average Bonchev–Trinajstić information content (AvgIpc) is 3.41. The summed E-state index contributed by atoms with van der Waals surface area (Å²) in [5.41, 5.74) is 7.63. The van der Waals surface area contributed by atoms with Crippen molar-refractivity contribution in [2.45, 2.75) is 148 Å². The van der Waals surface area contributed by atoms with Crippen LogP contribution in [0.2, 0.25) is 0 Å². The van der Waals surface area contributed by atoms with Crippen LogP contribution < -0.4 is 18.6 Å². The Hall–Kier alpha value is -4.32. The predicted molar refractivity (Wildman–Crippen MR) is 210 cm³/mol. The summed E-state index contributed by atoms with van der Waals surface area (Å²) >= 11 is 0. The zero-order chi connectivity index (χ0) is 36.8. The van der Waals surface area contributed by atoms with Gasteiger partial charge in [0, 0.05) is 55.5 Å². The normalized spacial score (nSPS) is 21.5. The molecule has 2 fully saturated rings. The van der Waals surface area contributed by atoms with E-state index in [1.165, 1.54) is 46.2 Å². The Morgan fingerprint density at radius 1 is 0.604 bits per heavy atom. The maximum atomic E-state index is 7.50. The second-order valence-electron chi connectivity index (χ2n) is 18.0. The molecule has 2 aromatic carbocycles. The van der Waals surface area contributed by atoms with Crippen molar-refractivity contribution in [2.75, 3.05) is 0 Å². The molecule has 8 rings (SSSR count). The van der Waals surface area contributed by atoms with E-state index < -0.39 is 6.03 Å². The number of hydrogen-bond acceptors (Lipinski definition) is 2. The topological polar surface area (TPSA) is 32.2 Å². The molecule has 1 aliphatic carbocycles. The van der Waals surface area contributed by atoms with Crippen LogP contribution in [-0.2, 0) is 36.8 Å². The molecule has 6 heteroatoms. The molecule has 1 saturated carbocycles. The number of fused-ring (bicyclic) bond motifs is 5. The summed E-state index contributed by atoms with van der Waals surface area (Å²) in [6, 6.07) is 21.9. The third kappa shape index (κ3) is 7.06. The first-order valence-electron chi connectivity index (χ1n) is 20.4. The summed E-state index contributed by atoms with van der Waals surface area (Å²) in [4.78, 5) is 0. The Kier molecular flexibility index (Phi) is 9.53. The predicted octanol–water partition coefficient (Wildman–Crippen LogP) is 8.19. The SMILES string of the molecule is CC(C)(C)c1cc2c(c(C(C)(C)C)c1)OC13Oc4c(cc(CCCC[n+]5ccccc5)cc4CCCC[n+]4ccccc4)C=[N+]1C1CCCCC1[N+]3=C2. The van der Waals surface area contributed by atoms with Crippen molar-refractivity contribution < 1.29 is 27.8 Å². The lowest BCUT2D eigenvalue weighted by Crippen LogP contribution is -2.60. The van der Waals surface area contributed by atoms with Crippen LogP contribution in [0.1, 0.15) is 126 Å². The molecule has 3 aliphatic heterocycles. The van der Waals surface area contributed by atoms with Crippen LogP contribution in [0.15, 0.2) is 85.5 Å². The van der Waals surface area contributed by atoms with Gasteiger partial charge in [0.05, 0.1) is 11.1 Å². The molecule has 5 heterocycles. The van der Waals surface area contributed by atoms with Crippen LogP contribution in [0.3, 0.4) is 0 Å². The number of aromatic nitrogens is 2. The summed E-state index contributed by atoms with van der Waals surface area (Å²) in [6.07, 6.45) is 24.8. The standard InChI is InChI=1S/C47H60N4O2/c1-45(2,3)39-31-38-34-51-42-22-10-9-21-41(42)50-33-37-30-35(19-11-17-27-48-23-13-7-14-24-48)29-36(20-12-18-28-49-25-15-8-16-26-49)43(37)52-47(50,51)53-44(38)40(32-39)46(4,5)6/h7-8,13-16,23-26,29-34,41-42H,9-12,17-22,27-28H2,1-6H3/q+4. The van der Waals surface area contributed by atoms with Gasteiger partial charge in [-0.05, 0) is 78.2 Å². The minimum absolute atomic E-state index is 0.0302. The zero-order valence-electron chi connectivity index (χ0n) is 33.0. The Labute approximate surface area is 317 Å². The largest absolute Gasteiger partial charge is 0.704 e. The summed E-state index contributed by atoms with van der Waals surface area (Å²) < 4.78 is 24.5. The van der Waals surface area contributed by atoms with Crippen molar-refractivity contribution in [2.24, 2.45) is 0 Å². The first-order valence-corrected chi connectivity index (χ1v) is 20.4. The maximum Gasteiger partial charge on any atom is 0.704 e. The highest BCUT2D eigenvalue weighted by Gasteiger charge is 2.76. The van der Waals surface area contributed by atoms with E-state index in [1.807, 2.05) is 0 Å². The van der Waals surface area contributed by atoms with E-state index in [2.05, 4.69) is 158 Å². The fourth-order valence-corrected chi connectivity index (χ4v) is 9.03. The maximum absolute atomic E-state index is 7.50. The monoisotopic (exact) mass is 712 g/mol. The Morgan fingerprint density at radius 2 is 1.15 bits per heavy atom. The number of nitrogens with zero attached hydrogens (tertiary/aromatic N) is 4. The lowest BCUT2D eigenvalue weighted by molar-refractivity contribution is -0.866. The molecule has 4 aromatic rings. The molecule has 3 atom stereocenters. The fourth-order valence-electron chi connectivity index (χ4n) is 9.03. The van der Waals surface area contributed by atoms with Crippen molar-refractivity contribution in [1.29, 1.82) is 0 Å². The Bertz CT molecular complexity index is 2020. The quantitative estimate of drug-likeness (QED) is 0.123. The second-order valence-corrected chi connectivity index (χ2v) is 18.0. The third-order valence-corrected chi connectivity index (χ3v) is 11.9. The summed E-state index contributed by atoms with van der Waals surface area (Å²) in [5.74, 6) is 1.97. The van der Waals surface area contributed by atoms with E-state index in [9.17, 15) is 0 Å². The Morgan fingerprint density at radius 3 is 1.72 bits per heavy atom. The molecule has 0 radical (unpaired) electrons. The first kappa shape index (κ1) is 35.7. The smallest absolute Gasteiger partial charge is 0.340 e. The molecule has 1 saturated heterocycles. The molecule has 0 bridgehead atoms. The molecule has 1 spiro atoms. The van der Waals surface area contributed by atoms with Crippen LogP contribution in [-0.4, -0.2) is 39.7 Å². The summed E-state index contributed by atoms with van der Waals surface area (Å²) in [7, 11) is 0. The van der Waals surface area contributed by atoms with Gasteiger partial charge < -0.3 is 9.47 Å². The number of aryl methyl sites for hydroxylation is 4. The summed E-state index contributed by atoms with van der Waals surface area (Å²) in [5, 5.41) is 0. The molecule has 0 N–H and O–H groups in total. The molecule has 0 amide bonds. The minimum Gasteiger partial charge on any atom is -0.340 e. The molecular formula is C47H60N4O2+4. The van der Waals surface area contributed by atoms with Gasteiger partial charge in [-0.1, -0.05) is 75.0 Å². The van der Waals surface area contributed by atoms with Crippen LogP contribution in [0.4, 0.5) is 0 Å². The molecular weight excluding hydrogens is 653 g/mol. The molecule has 3 unspecified atom stereocenters. The highest BCUT2D eigenvalue weighted by Crippen LogP contribution is 2.48. The van der Waals surface area contributed by atoms with E-state index in [-0.39, 0.29) is 10.8 Å². The lowest BCUT2D eigenvalue weighted by Gasteiger charge is -2.33. The first-order chi connectivity index (χ1) is 25.5. The van der Waals surface area contributed by atoms with Crippen molar-refractivity contribution in [3.63, 3.8) is 0 Å².